The second-order valence-corrected chi connectivity index (χ2v) is 5.87. The molecule has 0 aliphatic carbocycles. The predicted octanol–water partition coefficient (Wildman–Crippen LogP) is 5.09. The van der Waals surface area contributed by atoms with Gasteiger partial charge < -0.3 is 14.3 Å². The maximum atomic E-state index is 9.53. The first kappa shape index (κ1) is 15.3. The zero-order chi connectivity index (χ0) is 17.2. The number of phenolic OH excluding ortho intramolecular Hbond substituents is 1. The first-order chi connectivity index (χ1) is 12.2. The first-order valence-corrected chi connectivity index (χ1v) is 8.06. The molecule has 124 valence electrons. The van der Waals surface area contributed by atoms with E-state index < -0.39 is 0 Å². The van der Waals surface area contributed by atoms with Crippen molar-refractivity contribution in [3.63, 3.8) is 0 Å². The van der Waals surface area contributed by atoms with Crippen LogP contribution in [-0.2, 0) is 6.61 Å². The third-order valence-electron chi connectivity index (χ3n) is 4.08. The Morgan fingerprint density at radius 2 is 1.72 bits per heavy atom. The fourth-order valence-corrected chi connectivity index (χ4v) is 2.72. The maximum Gasteiger partial charge on any atom is 0.226 e. The number of rotatable bonds is 4. The van der Waals surface area contributed by atoms with Crippen molar-refractivity contribution in [1.82, 2.24) is 4.98 Å². The van der Waals surface area contributed by atoms with Crippen LogP contribution in [0.4, 0.5) is 0 Å². The van der Waals surface area contributed by atoms with Crippen LogP contribution in [0.1, 0.15) is 11.5 Å². The van der Waals surface area contributed by atoms with Gasteiger partial charge in [0.15, 0.2) is 0 Å². The molecule has 0 aliphatic heterocycles. The Balaban J connectivity index is 1.53. The van der Waals surface area contributed by atoms with Crippen LogP contribution in [0.2, 0.25) is 0 Å². The Hall–Kier alpha value is -3.27. The van der Waals surface area contributed by atoms with E-state index in [1.807, 2.05) is 61.5 Å². The summed E-state index contributed by atoms with van der Waals surface area (Å²) >= 11 is 0. The fraction of sp³-hybridized carbons (Fsp3) is 0.0952. The van der Waals surface area contributed by atoms with E-state index in [9.17, 15) is 5.11 Å². The van der Waals surface area contributed by atoms with Crippen LogP contribution in [0.5, 0.6) is 11.5 Å². The smallest absolute Gasteiger partial charge is 0.226 e. The highest BCUT2D eigenvalue weighted by atomic mass is 16.5. The van der Waals surface area contributed by atoms with Crippen molar-refractivity contribution < 1.29 is 14.3 Å². The number of aromatic nitrogens is 1. The minimum Gasteiger partial charge on any atom is -0.508 e. The van der Waals surface area contributed by atoms with Gasteiger partial charge in [-0.25, -0.2) is 4.98 Å². The van der Waals surface area contributed by atoms with E-state index in [0.717, 1.165) is 33.5 Å². The molecular weight excluding hydrogens is 314 g/mol. The molecule has 0 amide bonds. The zero-order valence-electron chi connectivity index (χ0n) is 13.8. The van der Waals surface area contributed by atoms with Gasteiger partial charge in [0.05, 0.1) is 0 Å². The minimum absolute atomic E-state index is 0.257. The minimum atomic E-state index is 0.257. The molecule has 0 aliphatic rings. The van der Waals surface area contributed by atoms with Crippen molar-refractivity contribution >= 4 is 10.8 Å². The summed E-state index contributed by atoms with van der Waals surface area (Å²) in [5.74, 6) is 2.37. The highest BCUT2D eigenvalue weighted by Gasteiger charge is 2.12. The van der Waals surface area contributed by atoms with E-state index in [2.05, 4.69) is 4.98 Å². The van der Waals surface area contributed by atoms with E-state index in [1.54, 1.807) is 12.1 Å². The van der Waals surface area contributed by atoms with E-state index in [0.29, 0.717) is 12.5 Å². The maximum absolute atomic E-state index is 9.53. The molecule has 4 aromatic rings. The molecular formula is C21H17NO3. The van der Waals surface area contributed by atoms with Gasteiger partial charge in [-0.05, 0) is 54.1 Å². The number of ether oxygens (including phenoxy) is 1. The molecule has 3 aromatic carbocycles. The fourth-order valence-electron chi connectivity index (χ4n) is 2.72. The van der Waals surface area contributed by atoms with Crippen molar-refractivity contribution in [1.29, 1.82) is 0 Å². The van der Waals surface area contributed by atoms with Gasteiger partial charge in [0, 0.05) is 5.56 Å². The van der Waals surface area contributed by atoms with E-state index in [1.165, 1.54) is 0 Å². The van der Waals surface area contributed by atoms with Crippen LogP contribution in [-0.4, -0.2) is 10.1 Å². The van der Waals surface area contributed by atoms with Crippen molar-refractivity contribution in [2.45, 2.75) is 13.5 Å². The van der Waals surface area contributed by atoms with Gasteiger partial charge in [-0.15, -0.1) is 0 Å². The van der Waals surface area contributed by atoms with E-state index in [4.69, 9.17) is 9.15 Å². The molecule has 0 fully saturated rings. The molecule has 4 nitrogen and oxygen atoms in total. The lowest BCUT2D eigenvalue weighted by Gasteiger charge is -2.06. The summed E-state index contributed by atoms with van der Waals surface area (Å²) in [5, 5.41) is 11.5. The number of aromatic hydroxyl groups is 1. The van der Waals surface area contributed by atoms with Gasteiger partial charge in [0.25, 0.3) is 0 Å². The second-order valence-electron chi connectivity index (χ2n) is 5.87. The highest BCUT2D eigenvalue weighted by Crippen LogP contribution is 2.26. The van der Waals surface area contributed by atoms with Gasteiger partial charge in [-0.1, -0.05) is 30.3 Å². The van der Waals surface area contributed by atoms with Gasteiger partial charge in [-0.3, -0.25) is 0 Å². The Labute approximate surface area is 145 Å². The molecule has 1 aromatic heterocycles. The van der Waals surface area contributed by atoms with Crippen LogP contribution in [0.25, 0.3) is 22.2 Å². The number of benzene rings is 3. The Kier molecular flexibility index (Phi) is 3.86. The molecule has 0 bridgehead atoms. The van der Waals surface area contributed by atoms with E-state index in [-0.39, 0.29) is 5.75 Å². The Bertz CT molecular complexity index is 1020. The van der Waals surface area contributed by atoms with Gasteiger partial charge in [0.1, 0.15) is 29.6 Å². The van der Waals surface area contributed by atoms with Crippen LogP contribution in [0.3, 0.4) is 0 Å². The third kappa shape index (κ3) is 3.19. The van der Waals surface area contributed by atoms with Crippen molar-refractivity contribution in [3.8, 4) is 23.0 Å². The quantitative estimate of drug-likeness (QED) is 0.566. The van der Waals surface area contributed by atoms with Crippen molar-refractivity contribution in [3.05, 3.63) is 78.2 Å². The number of hydrogen-bond donors (Lipinski definition) is 1. The lowest BCUT2D eigenvalue weighted by molar-refractivity contribution is 0.300. The topological polar surface area (TPSA) is 55.5 Å². The van der Waals surface area contributed by atoms with Gasteiger partial charge in [-0.2, -0.15) is 0 Å². The molecule has 1 heterocycles. The molecule has 0 atom stereocenters. The lowest BCUT2D eigenvalue weighted by atomic mass is 10.1. The summed E-state index contributed by atoms with van der Waals surface area (Å²) < 4.78 is 11.6. The second kappa shape index (κ2) is 6.32. The number of hydrogen-bond acceptors (Lipinski definition) is 4. The van der Waals surface area contributed by atoms with E-state index >= 15 is 0 Å². The molecule has 4 rings (SSSR count). The molecule has 0 saturated carbocycles. The average molecular weight is 331 g/mol. The molecule has 1 N–H and O–H groups in total. The summed E-state index contributed by atoms with van der Waals surface area (Å²) in [4.78, 5) is 4.54. The van der Waals surface area contributed by atoms with Crippen LogP contribution in [0.15, 0.2) is 71.1 Å². The largest absolute Gasteiger partial charge is 0.508 e. The van der Waals surface area contributed by atoms with Crippen LogP contribution in [0, 0.1) is 6.92 Å². The number of oxazole rings is 1. The Morgan fingerprint density at radius 3 is 2.56 bits per heavy atom. The number of aryl methyl sites for hydroxylation is 1. The third-order valence-corrected chi connectivity index (χ3v) is 4.08. The molecule has 4 heteroatoms. The number of phenols is 1. The lowest BCUT2D eigenvalue weighted by Crippen LogP contribution is -1.97. The van der Waals surface area contributed by atoms with Crippen molar-refractivity contribution in [2.24, 2.45) is 0 Å². The SMILES string of the molecule is Cc1oc(-c2ccccc2)nc1COc1ccc2cc(O)ccc2c1. The van der Waals surface area contributed by atoms with Gasteiger partial charge in [0.2, 0.25) is 5.89 Å². The highest BCUT2D eigenvalue weighted by molar-refractivity contribution is 5.85. The van der Waals surface area contributed by atoms with Gasteiger partial charge >= 0.3 is 0 Å². The standard InChI is InChI=1S/C21H17NO3/c1-14-20(22-21(25-14)15-5-3-2-4-6-15)13-24-19-10-8-16-11-18(23)9-7-17(16)12-19/h2-12,23H,13H2,1H3. The first-order valence-electron chi connectivity index (χ1n) is 8.06. The van der Waals surface area contributed by atoms with Crippen LogP contribution >= 0.6 is 0 Å². The summed E-state index contributed by atoms with van der Waals surface area (Å²) in [6.45, 7) is 2.23. The number of nitrogens with zero attached hydrogens (tertiary/aromatic N) is 1. The summed E-state index contributed by atoms with van der Waals surface area (Å²) in [6.07, 6.45) is 0. The average Bonchev–Trinajstić information content (AvgIpc) is 3.01. The summed E-state index contributed by atoms with van der Waals surface area (Å²) in [6, 6.07) is 20.8. The predicted molar refractivity (Wildman–Crippen MR) is 96.6 cm³/mol. The molecule has 0 spiro atoms. The Morgan fingerprint density at radius 1 is 0.960 bits per heavy atom. The molecule has 0 unspecified atom stereocenters. The van der Waals surface area contributed by atoms with Crippen LogP contribution < -0.4 is 4.74 Å². The zero-order valence-corrected chi connectivity index (χ0v) is 13.8. The summed E-state index contributed by atoms with van der Waals surface area (Å²) in [7, 11) is 0. The summed E-state index contributed by atoms with van der Waals surface area (Å²) in [5.41, 5.74) is 1.73. The molecule has 25 heavy (non-hydrogen) atoms. The van der Waals surface area contributed by atoms with Crippen molar-refractivity contribution in [2.75, 3.05) is 0 Å². The monoisotopic (exact) mass is 331 g/mol. The molecule has 0 saturated heterocycles. The normalized spacial score (nSPS) is 10.9. The number of fused-ring (bicyclic) bond motifs is 1. The molecule has 0 radical (unpaired) electrons.